The third kappa shape index (κ3) is 14.2. The van der Waals surface area contributed by atoms with Crippen LogP contribution in [0.1, 0.15) is 11.1 Å². The summed E-state index contributed by atoms with van der Waals surface area (Å²) in [5.74, 6) is 0. The average Bonchev–Trinajstić information content (AvgIpc) is 1.57. The Morgan fingerprint density at radius 3 is 0.768 bits per heavy atom. The largest absolute Gasteiger partial charge is 0.309 e. The van der Waals surface area contributed by atoms with Gasteiger partial charge in [0.1, 0.15) is 0 Å². The molecule has 0 atom stereocenters. The molecular formula is C131H79N11. The molecule has 11 nitrogen and oxygen atoms in total. The molecule has 0 radical (unpaired) electrons. The molecule has 0 bridgehead atoms. The van der Waals surface area contributed by atoms with E-state index in [4.69, 9.17) is 19.7 Å². The second-order valence-corrected chi connectivity index (χ2v) is 35.7. The topological polar surface area (TPSA) is 90.2 Å². The first-order valence-corrected chi connectivity index (χ1v) is 47.2. The van der Waals surface area contributed by atoms with E-state index in [0.29, 0.717) is 28.2 Å². The minimum absolute atomic E-state index is 0.640. The summed E-state index contributed by atoms with van der Waals surface area (Å²) in [4.78, 5) is 10.9. The lowest BCUT2D eigenvalue weighted by atomic mass is 9.99. The summed E-state index contributed by atoms with van der Waals surface area (Å²) in [5.41, 5.74) is 36.6. The Hall–Kier alpha value is -20.1. The fourth-order valence-electron chi connectivity index (χ4n) is 21.7. The van der Waals surface area contributed by atoms with E-state index in [0.717, 1.165) is 155 Å². The first-order chi connectivity index (χ1) is 70.2. The van der Waals surface area contributed by atoms with E-state index in [9.17, 15) is 10.5 Å². The third-order valence-corrected chi connectivity index (χ3v) is 27.8. The summed E-state index contributed by atoms with van der Waals surface area (Å²) in [5, 5.41) is 33.4. The predicted molar refractivity (Wildman–Crippen MR) is 586 cm³/mol. The minimum Gasteiger partial charge on any atom is -0.309 e. The summed E-state index contributed by atoms with van der Waals surface area (Å²) in [7, 11) is 0. The van der Waals surface area contributed by atoms with Crippen molar-refractivity contribution in [2.24, 2.45) is 0 Å². The van der Waals surface area contributed by atoms with Crippen molar-refractivity contribution < 1.29 is 0 Å². The fourth-order valence-corrected chi connectivity index (χ4v) is 21.7. The van der Waals surface area contributed by atoms with Crippen molar-refractivity contribution in [2.75, 3.05) is 0 Å². The standard InChI is InChI=1S/2C44H26N4.C43H27N3/c1-45-32-22-20-29(21-23-32)30-10-7-12-34(26-30)48-41-18-6-4-15-38(41)44-36(16-9-19-43(44)48)31-11-8-13-35(27-31)47-40-17-5-3-14-37(40)39-28-33(46-2)24-25-42(39)47;1-46-33-22-23-42-39(27-33)37-16-2-4-19-40(37)47(42)35-15-8-13-32(26-35)36-18-9-21-43-44(36)38-17-3-5-20-41(38)48(43)34-14-7-12-31(25-34)30-11-6-10-29(24-30)28-45;44-28-31-12-1-2-17-34(31)29-13-9-16-33(26-29)46-41-24-8-5-20-38(41)43-35(21-11-25-42(43)46)30-14-10-15-32(27-30)45-39-22-6-3-18-36(39)37-19-4-7-23-40(37)45/h3-28H;2-27H;1-27H. The normalized spacial score (nSPS) is 11.3. The van der Waals surface area contributed by atoms with Crippen LogP contribution < -0.4 is 0 Å². The number of nitriles is 2. The monoisotopic (exact) mass is 1810 g/mol. The highest BCUT2D eigenvalue weighted by molar-refractivity contribution is 6.20. The van der Waals surface area contributed by atoms with Crippen LogP contribution in [0.25, 0.3) is 246 Å². The molecule has 0 saturated carbocycles. The van der Waals surface area contributed by atoms with Crippen molar-refractivity contribution in [3.8, 4) is 113 Å². The first-order valence-electron chi connectivity index (χ1n) is 47.2. The lowest BCUT2D eigenvalue weighted by Crippen LogP contribution is -1.95. The van der Waals surface area contributed by atoms with Crippen LogP contribution in [0.15, 0.2) is 479 Å². The molecule has 0 fully saturated rings. The summed E-state index contributed by atoms with van der Waals surface area (Å²) >= 11 is 0. The molecule has 21 aromatic carbocycles. The summed E-state index contributed by atoms with van der Waals surface area (Å²) < 4.78 is 14.0. The van der Waals surface area contributed by atoms with Crippen molar-refractivity contribution in [1.29, 1.82) is 10.5 Å². The van der Waals surface area contributed by atoms with Gasteiger partial charge in [-0.05, 0) is 253 Å². The van der Waals surface area contributed by atoms with Gasteiger partial charge in [0.25, 0.3) is 0 Å². The van der Waals surface area contributed by atoms with Crippen molar-refractivity contribution in [1.82, 2.24) is 27.4 Å². The maximum Gasteiger partial charge on any atom is 0.188 e. The average molecular weight is 1810 g/mol. The molecule has 27 rings (SSSR count). The van der Waals surface area contributed by atoms with E-state index in [2.05, 4.69) is 442 Å². The van der Waals surface area contributed by atoms with Crippen molar-refractivity contribution in [3.05, 3.63) is 525 Å². The predicted octanol–water partition coefficient (Wildman–Crippen LogP) is 35.0. The molecule has 0 amide bonds. The lowest BCUT2D eigenvalue weighted by Gasteiger charge is -2.12. The first kappa shape index (κ1) is 83.7. The SMILES string of the molecule is N#Cc1ccccc1-c1cccc(-n2c3ccccc3c3c(-c4cccc(-n5c6ccccc6c6ccccc65)c4)cccc32)c1.[C-]#[N+]c1ccc(-c2cccc(-n3c4ccccc4c4c(-c5cccc(-n6c7ccccc7c7cc([N+]#[C-])ccc76)c5)cccc43)c2)cc1.[C-]#[N+]c1ccc2c(c1)c1ccccc1n2-c1cccc(-c2cccc3c2c2ccccc2n3-c2cccc(-c3cccc(C#N)c3)c2)c1. The number of fused-ring (bicyclic) bond motifs is 18. The summed E-state index contributed by atoms with van der Waals surface area (Å²) in [6.45, 7) is 22.5. The van der Waals surface area contributed by atoms with Crippen molar-refractivity contribution in [3.63, 3.8) is 0 Å². The van der Waals surface area contributed by atoms with Gasteiger partial charge >= 0.3 is 0 Å². The highest BCUT2D eigenvalue weighted by atomic mass is 15.0. The molecule has 27 aromatic rings. The molecule has 0 unspecified atom stereocenters. The molecule has 0 aliphatic heterocycles. The minimum atomic E-state index is 0.640. The zero-order valence-electron chi connectivity index (χ0n) is 76.5. The van der Waals surface area contributed by atoms with E-state index in [-0.39, 0.29) is 0 Å². The van der Waals surface area contributed by atoms with Crippen LogP contribution in [-0.2, 0) is 0 Å². The maximum absolute atomic E-state index is 9.78. The van der Waals surface area contributed by atoms with Crippen LogP contribution >= 0.6 is 0 Å². The number of nitrogens with zero attached hydrogens (tertiary/aromatic N) is 11. The van der Waals surface area contributed by atoms with Gasteiger partial charge < -0.3 is 27.4 Å². The Morgan fingerprint density at radius 2 is 0.415 bits per heavy atom. The van der Waals surface area contributed by atoms with Crippen molar-refractivity contribution >= 4 is 148 Å². The number of aromatic nitrogens is 6. The van der Waals surface area contributed by atoms with E-state index in [1.165, 1.54) is 76.4 Å². The quantitative estimate of drug-likeness (QED) is 0.114. The Morgan fingerprint density at radius 1 is 0.169 bits per heavy atom. The molecular weight excluding hydrogens is 1730 g/mol. The van der Waals surface area contributed by atoms with E-state index in [1.807, 2.05) is 91.0 Å². The van der Waals surface area contributed by atoms with Crippen LogP contribution in [0.3, 0.4) is 0 Å². The number of benzene rings is 21. The molecule has 0 saturated heterocycles. The third-order valence-electron chi connectivity index (χ3n) is 27.8. The van der Waals surface area contributed by atoms with Gasteiger partial charge in [-0.25, -0.2) is 14.5 Å². The smallest absolute Gasteiger partial charge is 0.188 e. The number of para-hydroxylation sites is 7. The van der Waals surface area contributed by atoms with Gasteiger partial charge in [0, 0.05) is 88.0 Å². The van der Waals surface area contributed by atoms with Gasteiger partial charge in [-0.1, -0.05) is 303 Å². The maximum atomic E-state index is 9.78. The molecule has 0 aliphatic rings. The number of hydrogen-bond donors (Lipinski definition) is 0. The lowest BCUT2D eigenvalue weighted by molar-refractivity contribution is 1.18. The fraction of sp³-hybridized carbons (Fsp3) is 0. The van der Waals surface area contributed by atoms with Gasteiger partial charge in [-0.15, -0.1) is 0 Å². The summed E-state index contributed by atoms with van der Waals surface area (Å²) in [6.07, 6.45) is 0. The van der Waals surface area contributed by atoms with Crippen LogP contribution in [0.4, 0.5) is 17.1 Å². The molecule has 142 heavy (non-hydrogen) atoms. The van der Waals surface area contributed by atoms with Crippen LogP contribution in [0.5, 0.6) is 0 Å². The van der Waals surface area contributed by atoms with Gasteiger partial charge in [0.15, 0.2) is 17.1 Å². The molecule has 0 spiro atoms. The molecule has 6 aromatic heterocycles. The van der Waals surface area contributed by atoms with E-state index in [1.54, 1.807) is 0 Å². The zero-order chi connectivity index (χ0) is 95.0. The van der Waals surface area contributed by atoms with Gasteiger partial charge in [-0.2, -0.15) is 10.5 Å². The van der Waals surface area contributed by atoms with Gasteiger partial charge in [0.2, 0.25) is 0 Å². The van der Waals surface area contributed by atoms with Crippen molar-refractivity contribution in [2.45, 2.75) is 0 Å². The van der Waals surface area contributed by atoms with Crippen LogP contribution in [0, 0.1) is 42.4 Å². The van der Waals surface area contributed by atoms with E-state index < -0.39 is 0 Å². The summed E-state index contributed by atoms with van der Waals surface area (Å²) in [6, 6.07) is 172. The van der Waals surface area contributed by atoms with Gasteiger partial charge in [0.05, 0.1) is 109 Å². The number of hydrogen-bond acceptors (Lipinski definition) is 2. The molecule has 658 valence electrons. The number of rotatable bonds is 12. The molecule has 0 aliphatic carbocycles. The second kappa shape index (κ2) is 35.0. The molecule has 6 heterocycles. The molecule has 0 N–H and O–H groups in total. The van der Waals surface area contributed by atoms with E-state index >= 15 is 0 Å². The Bertz CT molecular complexity index is 10100. The highest BCUT2D eigenvalue weighted by Crippen LogP contribution is 2.47. The Labute approximate surface area is 817 Å². The highest BCUT2D eigenvalue weighted by Gasteiger charge is 2.25. The van der Waals surface area contributed by atoms with Crippen LogP contribution in [0.2, 0.25) is 0 Å². The molecule has 11 heteroatoms. The zero-order valence-corrected chi connectivity index (χ0v) is 76.5. The van der Waals surface area contributed by atoms with Crippen LogP contribution in [-0.4, -0.2) is 27.4 Å². The Balaban J connectivity index is 0.000000112. The Kier molecular flexibility index (Phi) is 20.6. The second-order valence-electron chi connectivity index (χ2n) is 35.7. The van der Waals surface area contributed by atoms with Gasteiger partial charge in [-0.3, -0.25) is 0 Å².